The SMILES string of the molecule is CC(Cc1c[nH]c2ccccc12)C(=O)NCC(C)(C)N1CCCCC1. The van der Waals surface area contributed by atoms with Crippen LogP contribution in [0.2, 0.25) is 0 Å². The minimum Gasteiger partial charge on any atom is -0.361 e. The van der Waals surface area contributed by atoms with Crippen molar-refractivity contribution in [2.24, 2.45) is 5.92 Å². The minimum atomic E-state index is -0.0311. The number of amides is 1. The number of hydrogen-bond donors (Lipinski definition) is 2. The van der Waals surface area contributed by atoms with Gasteiger partial charge in [0.1, 0.15) is 0 Å². The highest BCUT2D eigenvalue weighted by atomic mass is 16.1. The Labute approximate surface area is 151 Å². The van der Waals surface area contributed by atoms with E-state index in [2.05, 4.69) is 41.2 Å². The van der Waals surface area contributed by atoms with Gasteiger partial charge in [0.2, 0.25) is 5.91 Å². The highest BCUT2D eigenvalue weighted by Crippen LogP contribution is 2.22. The van der Waals surface area contributed by atoms with Crippen molar-refractivity contribution in [3.8, 4) is 0 Å². The zero-order valence-electron chi connectivity index (χ0n) is 15.8. The Kier molecular flexibility index (Phi) is 5.48. The highest BCUT2D eigenvalue weighted by Gasteiger charge is 2.28. The monoisotopic (exact) mass is 341 g/mol. The van der Waals surface area contributed by atoms with Gasteiger partial charge in [-0.2, -0.15) is 0 Å². The first-order valence-corrected chi connectivity index (χ1v) is 9.55. The summed E-state index contributed by atoms with van der Waals surface area (Å²) in [7, 11) is 0. The molecule has 1 aromatic carbocycles. The predicted octanol–water partition coefficient (Wildman–Crippen LogP) is 3.73. The van der Waals surface area contributed by atoms with Gasteiger partial charge in [0, 0.05) is 35.1 Å². The quantitative estimate of drug-likeness (QED) is 0.841. The van der Waals surface area contributed by atoms with Crippen LogP contribution in [0, 0.1) is 5.92 Å². The number of hydrogen-bond acceptors (Lipinski definition) is 2. The first-order chi connectivity index (χ1) is 12.0. The number of carbonyl (C=O) groups is 1. The highest BCUT2D eigenvalue weighted by molar-refractivity contribution is 5.84. The lowest BCUT2D eigenvalue weighted by Gasteiger charge is -2.41. The second-order valence-electron chi connectivity index (χ2n) is 8.04. The Morgan fingerprint density at radius 2 is 1.96 bits per heavy atom. The van der Waals surface area contributed by atoms with Gasteiger partial charge >= 0.3 is 0 Å². The summed E-state index contributed by atoms with van der Waals surface area (Å²) in [5.74, 6) is 0.117. The molecule has 4 nitrogen and oxygen atoms in total. The van der Waals surface area contributed by atoms with E-state index in [1.165, 1.54) is 30.2 Å². The number of carbonyl (C=O) groups excluding carboxylic acids is 1. The van der Waals surface area contributed by atoms with Crippen LogP contribution < -0.4 is 5.32 Å². The number of nitrogens with zero attached hydrogens (tertiary/aromatic N) is 1. The number of rotatable bonds is 6. The van der Waals surface area contributed by atoms with Crippen molar-refractivity contribution in [2.75, 3.05) is 19.6 Å². The van der Waals surface area contributed by atoms with Crippen LogP contribution in [0.25, 0.3) is 10.9 Å². The van der Waals surface area contributed by atoms with Crippen LogP contribution in [0.15, 0.2) is 30.5 Å². The van der Waals surface area contributed by atoms with Crippen LogP contribution in [0.1, 0.15) is 45.6 Å². The average Bonchev–Trinajstić information content (AvgIpc) is 3.03. The number of likely N-dealkylation sites (tertiary alicyclic amines) is 1. The zero-order valence-corrected chi connectivity index (χ0v) is 15.8. The number of benzene rings is 1. The lowest BCUT2D eigenvalue weighted by molar-refractivity contribution is -0.125. The van der Waals surface area contributed by atoms with Crippen LogP contribution in [0.5, 0.6) is 0 Å². The van der Waals surface area contributed by atoms with Gasteiger partial charge in [-0.05, 0) is 57.8 Å². The van der Waals surface area contributed by atoms with Crippen molar-refractivity contribution in [3.63, 3.8) is 0 Å². The van der Waals surface area contributed by atoms with Gasteiger partial charge in [0.05, 0.1) is 0 Å². The van der Waals surface area contributed by atoms with Gasteiger partial charge in [-0.15, -0.1) is 0 Å². The van der Waals surface area contributed by atoms with Crippen LogP contribution in [-0.2, 0) is 11.2 Å². The summed E-state index contributed by atoms with van der Waals surface area (Å²) in [5, 5.41) is 4.41. The number of aromatic nitrogens is 1. The van der Waals surface area contributed by atoms with Gasteiger partial charge in [0.25, 0.3) is 0 Å². The molecule has 2 aromatic rings. The third-order valence-corrected chi connectivity index (χ3v) is 5.56. The smallest absolute Gasteiger partial charge is 0.223 e. The van der Waals surface area contributed by atoms with E-state index in [1.807, 2.05) is 25.3 Å². The lowest BCUT2D eigenvalue weighted by atomic mass is 9.97. The first kappa shape index (κ1) is 18.0. The third-order valence-electron chi connectivity index (χ3n) is 5.56. The molecule has 1 aliphatic rings. The van der Waals surface area contributed by atoms with Gasteiger partial charge in [-0.1, -0.05) is 31.5 Å². The van der Waals surface area contributed by atoms with E-state index >= 15 is 0 Å². The van der Waals surface area contributed by atoms with E-state index in [0.29, 0.717) is 6.54 Å². The molecule has 3 rings (SSSR count). The molecule has 1 amide bonds. The van der Waals surface area contributed by atoms with Gasteiger partial charge in [-0.25, -0.2) is 0 Å². The fourth-order valence-electron chi connectivity index (χ4n) is 3.81. The molecule has 0 saturated carbocycles. The standard InChI is InChI=1S/C21H31N3O/c1-16(13-17-14-22-19-10-6-5-9-18(17)19)20(25)23-15-21(2,3)24-11-7-4-8-12-24/h5-6,9-10,14,16,22H,4,7-8,11-13,15H2,1-3H3,(H,23,25). The molecule has 1 aromatic heterocycles. The van der Waals surface area contributed by atoms with Crippen molar-refractivity contribution >= 4 is 16.8 Å². The van der Waals surface area contributed by atoms with Crippen molar-refractivity contribution in [1.82, 2.24) is 15.2 Å². The molecular weight excluding hydrogens is 310 g/mol. The summed E-state index contributed by atoms with van der Waals surface area (Å²) in [6, 6.07) is 8.27. The summed E-state index contributed by atoms with van der Waals surface area (Å²) >= 11 is 0. The fourth-order valence-corrected chi connectivity index (χ4v) is 3.81. The molecule has 1 aliphatic heterocycles. The number of nitrogens with one attached hydrogen (secondary N) is 2. The van der Waals surface area contributed by atoms with Crippen molar-refractivity contribution in [1.29, 1.82) is 0 Å². The van der Waals surface area contributed by atoms with Crippen LogP contribution in [-0.4, -0.2) is 41.0 Å². The summed E-state index contributed by atoms with van der Waals surface area (Å²) in [4.78, 5) is 18.4. The molecular formula is C21H31N3O. The number of para-hydroxylation sites is 1. The molecule has 136 valence electrons. The second kappa shape index (κ2) is 7.61. The maximum atomic E-state index is 12.6. The largest absolute Gasteiger partial charge is 0.361 e. The Morgan fingerprint density at radius 3 is 2.72 bits per heavy atom. The molecule has 0 aliphatic carbocycles. The topological polar surface area (TPSA) is 48.1 Å². The van der Waals surface area contributed by atoms with E-state index in [-0.39, 0.29) is 17.4 Å². The maximum Gasteiger partial charge on any atom is 0.223 e. The minimum absolute atomic E-state index is 0.0244. The average molecular weight is 341 g/mol. The fraction of sp³-hybridized carbons (Fsp3) is 0.571. The van der Waals surface area contributed by atoms with Crippen LogP contribution in [0.3, 0.4) is 0 Å². The summed E-state index contributed by atoms with van der Waals surface area (Å²) in [6.45, 7) is 9.50. The number of piperidine rings is 1. The maximum absolute atomic E-state index is 12.6. The molecule has 0 radical (unpaired) electrons. The predicted molar refractivity (Wildman–Crippen MR) is 104 cm³/mol. The summed E-state index contributed by atoms with van der Waals surface area (Å²) in [6.07, 6.45) is 6.68. The molecule has 1 atom stereocenters. The number of H-pyrrole nitrogens is 1. The lowest BCUT2D eigenvalue weighted by Crippen LogP contribution is -2.53. The third kappa shape index (κ3) is 4.24. The Morgan fingerprint density at radius 1 is 1.24 bits per heavy atom. The Hall–Kier alpha value is -1.81. The Balaban J connectivity index is 1.55. The van der Waals surface area contributed by atoms with Crippen molar-refractivity contribution in [2.45, 2.75) is 52.0 Å². The van der Waals surface area contributed by atoms with E-state index in [9.17, 15) is 4.79 Å². The molecule has 1 unspecified atom stereocenters. The molecule has 2 heterocycles. The summed E-state index contributed by atoms with van der Waals surface area (Å²) < 4.78 is 0. The van der Waals surface area contributed by atoms with E-state index in [1.54, 1.807) is 0 Å². The number of aromatic amines is 1. The van der Waals surface area contributed by atoms with E-state index in [4.69, 9.17) is 0 Å². The molecule has 4 heteroatoms. The molecule has 25 heavy (non-hydrogen) atoms. The van der Waals surface area contributed by atoms with Crippen LogP contribution >= 0.6 is 0 Å². The molecule has 1 saturated heterocycles. The molecule has 0 spiro atoms. The van der Waals surface area contributed by atoms with Crippen molar-refractivity contribution in [3.05, 3.63) is 36.0 Å². The van der Waals surface area contributed by atoms with Gasteiger partial charge in [-0.3, -0.25) is 9.69 Å². The summed E-state index contributed by atoms with van der Waals surface area (Å²) in [5.41, 5.74) is 2.38. The Bertz CT molecular complexity index is 713. The van der Waals surface area contributed by atoms with Crippen LogP contribution in [0.4, 0.5) is 0 Å². The number of fused-ring (bicyclic) bond motifs is 1. The van der Waals surface area contributed by atoms with Crippen molar-refractivity contribution < 1.29 is 4.79 Å². The normalized spacial score (nSPS) is 17.6. The van der Waals surface area contributed by atoms with Gasteiger partial charge in [0.15, 0.2) is 0 Å². The van der Waals surface area contributed by atoms with Gasteiger partial charge < -0.3 is 10.3 Å². The van der Waals surface area contributed by atoms with E-state index in [0.717, 1.165) is 25.0 Å². The zero-order chi connectivity index (χ0) is 17.9. The second-order valence-corrected chi connectivity index (χ2v) is 8.04. The van der Waals surface area contributed by atoms with E-state index < -0.39 is 0 Å². The first-order valence-electron chi connectivity index (χ1n) is 9.55. The molecule has 1 fully saturated rings. The molecule has 0 bridgehead atoms. The molecule has 2 N–H and O–H groups in total.